The van der Waals surface area contributed by atoms with Crippen molar-refractivity contribution in [2.75, 3.05) is 31.1 Å². The first-order valence-corrected chi connectivity index (χ1v) is 11.8. The summed E-state index contributed by atoms with van der Waals surface area (Å²) in [4.78, 5) is 26.5. The molecule has 0 saturated carbocycles. The highest BCUT2D eigenvalue weighted by molar-refractivity contribution is 5.74. The van der Waals surface area contributed by atoms with Crippen LogP contribution in [0.5, 0.6) is 0 Å². The molecule has 2 amide bonds. The zero-order chi connectivity index (χ0) is 23.2. The van der Waals surface area contributed by atoms with E-state index in [1.807, 2.05) is 42.2 Å². The molecule has 0 atom stereocenters. The predicted molar refractivity (Wildman–Crippen MR) is 133 cm³/mol. The fourth-order valence-electron chi connectivity index (χ4n) is 4.29. The van der Waals surface area contributed by atoms with E-state index in [0.717, 1.165) is 48.8 Å². The Labute approximate surface area is 196 Å². The highest BCUT2D eigenvalue weighted by atomic mass is 16.2. The van der Waals surface area contributed by atoms with E-state index in [4.69, 9.17) is 9.97 Å². The number of aromatic nitrogens is 2. The van der Waals surface area contributed by atoms with Gasteiger partial charge in [0.25, 0.3) is 0 Å². The maximum absolute atomic E-state index is 12.7. The normalized spacial score (nSPS) is 13.8. The molecule has 3 aromatic rings. The number of carbonyl (C=O) groups excluding carboxylic acids is 1. The van der Waals surface area contributed by atoms with Crippen molar-refractivity contribution in [2.24, 2.45) is 0 Å². The van der Waals surface area contributed by atoms with Crippen molar-refractivity contribution in [3.63, 3.8) is 0 Å². The van der Waals surface area contributed by atoms with E-state index in [0.29, 0.717) is 19.6 Å². The lowest BCUT2D eigenvalue weighted by Crippen LogP contribution is -2.52. The van der Waals surface area contributed by atoms with Crippen molar-refractivity contribution in [2.45, 2.75) is 40.2 Å². The van der Waals surface area contributed by atoms with Gasteiger partial charge in [0, 0.05) is 50.4 Å². The maximum Gasteiger partial charge on any atom is 0.317 e. The Bertz CT molecular complexity index is 1070. The summed E-state index contributed by atoms with van der Waals surface area (Å²) < 4.78 is 0. The quantitative estimate of drug-likeness (QED) is 0.618. The third-order valence-corrected chi connectivity index (χ3v) is 6.17. The molecule has 172 valence electrons. The number of urea groups is 1. The van der Waals surface area contributed by atoms with Gasteiger partial charge in [0.2, 0.25) is 0 Å². The van der Waals surface area contributed by atoms with Crippen LogP contribution < -0.4 is 10.2 Å². The summed E-state index contributed by atoms with van der Waals surface area (Å²) in [6, 6.07) is 18.7. The number of benzene rings is 2. The Balaban J connectivity index is 1.45. The minimum Gasteiger partial charge on any atom is -0.353 e. The second-order valence-corrected chi connectivity index (χ2v) is 8.65. The number of nitrogens with one attached hydrogen (secondary N) is 1. The van der Waals surface area contributed by atoms with Crippen molar-refractivity contribution < 1.29 is 4.79 Å². The van der Waals surface area contributed by atoms with Crippen molar-refractivity contribution in [1.29, 1.82) is 0 Å². The number of aryl methyl sites for hydroxylation is 3. The molecule has 1 saturated heterocycles. The monoisotopic (exact) mass is 443 g/mol. The highest BCUT2D eigenvalue weighted by Gasteiger charge is 2.25. The minimum absolute atomic E-state index is 0.00787. The molecule has 6 heteroatoms. The van der Waals surface area contributed by atoms with Crippen molar-refractivity contribution in [1.82, 2.24) is 20.2 Å². The summed E-state index contributed by atoms with van der Waals surface area (Å²) in [6.07, 6.45) is 1.69. The molecule has 1 aromatic heterocycles. The van der Waals surface area contributed by atoms with Crippen LogP contribution in [-0.2, 0) is 19.4 Å². The van der Waals surface area contributed by atoms with Gasteiger partial charge in [-0.1, -0.05) is 67.1 Å². The maximum atomic E-state index is 12.7. The van der Waals surface area contributed by atoms with Crippen molar-refractivity contribution >= 4 is 11.8 Å². The van der Waals surface area contributed by atoms with Crippen LogP contribution in [0, 0.1) is 13.8 Å². The third kappa shape index (κ3) is 5.69. The van der Waals surface area contributed by atoms with Gasteiger partial charge in [0.05, 0.1) is 0 Å². The summed E-state index contributed by atoms with van der Waals surface area (Å²) >= 11 is 0. The number of piperazine rings is 1. The highest BCUT2D eigenvalue weighted by Crippen LogP contribution is 2.26. The Morgan fingerprint density at radius 2 is 1.61 bits per heavy atom. The van der Waals surface area contributed by atoms with Crippen LogP contribution in [0.3, 0.4) is 0 Å². The van der Waals surface area contributed by atoms with Crippen LogP contribution in [0.2, 0.25) is 0 Å². The standard InChI is InChI=1S/C27H33N5O/c1-4-25-24(18-22-12-10-20(2)11-13-22)26(30-21(3)29-25)31-14-16-32(17-15-31)27(33)28-19-23-8-6-5-7-9-23/h5-13H,4,14-19H2,1-3H3,(H,28,33). The third-order valence-electron chi connectivity index (χ3n) is 6.17. The number of nitrogens with zero attached hydrogens (tertiary/aromatic N) is 4. The molecular formula is C27H33N5O. The smallest absolute Gasteiger partial charge is 0.317 e. The lowest BCUT2D eigenvalue weighted by atomic mass is 10.0. The Morgan fingerprint density at radius 3 is 2.27 bits per heavy atom. The van der Waals surface area contributed by atoms with Gasteiger partial charge >= 0.3 is 6.03 Å². The number of hydrogen-bond donors (Lipinski definition) is 1. The SMILES string of the molecule is CCc1nc(C)nc(N2CCN(C(=O)NCc3ccccc3)CC2)c1Cc1ccc(C)cc1. The van der Waals surface area contributed by atoms with Gasteiger partial charge in [0.15, 0.2) is 0 Å². The molecule has 1 aliphatic heterocycles. The van der Waals surface area contributed by atoms with Crippen LogP contribution in [0.15, 0.2) is 54.6 Å². The van der Waals surface area contributed by atoms with E-state index in [-0.39, 0.29) is 6.03 Å². The Kier molecular flexibility index (Phi) is 7.23. The van der Waals surface area contributed by atoms with Crippen LogP contribution in [0.25, 0.3) is 0 Å². The van der Waals surface area contributed by atoms with E-state index < -0.39 is 0 Å². The number of hydrogen-bond acceptors (Lipinski definition) is 4. The molecule has 0 bridgehead atoms. The molecule has 0 aliphatic carbocycles. The number of amides is 2. The lowest BCUT2D eigenvalue weighted by molar-refractivity contribution is 0.193. The molecule has 1 N–H and O–H groups in total. The van der Waals surface area contributed by atoms with Crippen molar-refractivity contribution in [3.8, 4) is 0 Å². The molecule has 1 aliphatic rings. The van der Waals surface area contributed by atoms with E-state index in [1.54, 1.807) is 0 Å². The zero-order valence-corrected chi connectivity index (χ0v) is 19.8. The van der Waals surface area contributed by atoms with Gasteiger partial charge in [-0.2, -0.15) is 0 Å². The average Bonchev–Trinajstić information content (AvgIpc) is 2.85. The molecule has 0 spiro atoms. The number of carbonyl (C=O) groups is 1. The topological polar surface area (TPSA) is 61.4 Å². The van der Waals surface area contributed by atoms with E-state index in [1.165, 1.54) is 16.7 Å². The molecule has 0 radical (unpaired) electrons. The predicted octanol–water partition coefficient (Wildman–Crippen LogP) is 4.28. The molecule has 4 rings (SSSR count). The second-order valence-electron chi connectivity index (χ2n) is 8.65. The molecule has 6 nitrogen and oxygen atoms in total. The molecule has 1 fully saturated rings. The van der Waals surface area contributed by atoms with Crippen molar-refractivity contribution in [3.05, 3.63) is 88.4 Å². The fraction of sp³-hybridized carbons (Fsp3) is 0.370. The summed E-state index contributed by atoms with van der Waals surface area (Å²) in [5.74, 6) is 1.82. The van der Waals surface area contributed by atoms with Crippen LogP contribution in [0.4, 0.5) is 10.6 Å². The average molecular weight is 444 g/mol. The molecule has 0 unspecified atom stereocenters. The van der Waals surface area contributed by atoms with Gasteiger partial charge in [-0.05, 0) is 31.4 Å². The van der Waals surface area contributed by atoms with Crippen LogP contribution in [-0.4, -0.2) is 47.1 Å². The largest absolute Gasteiger partial charge is 0.353 e. The molecule has 33 heavy (non-hydrogen) atoms. The van der Waals surface area contributed by atoms with Gasteiger partial charge in [-0.25, -0.2) is 14.8 Å². The summed E-state index contributed by atoms with van der Waals surface area (Å²) in [7, 11) is 0. The van der Waals surface area contributed by atoms with E-state index in [2.05, 4.69) is 48.3 Å². The van der Waals surface area contributed by atoms with Gasteiger partial charge in [0.1, 0.15) is 11.6 Å². The number of anilines is 1. The van der Waals surface area contributed by atoms with Crippen LogP contribution >= 0.6 is 0 Å². The van der Waals surface area contributed by atoms with E-state index in [9.17, 15) is 4.79 Å². The fourth-order valence-corrected chi connectivity index (χ4v) is 4.29. The minimum atomic E-state index is -0.00787. The lowest BCUT2D eigenvalue weighted by Gasteiger charge is -2.36. The first-order valence-electron chi connectivity index (χ1n) is 11.8. The first-order chi connectivity index (χ1) is 16.0. The summed E-state index contributed by atoms with van der Waals surface area (Å²) in [5, 5.41) is 3.04. The molecule has 2 heterocycles. The number of rotatable bonds is 6. The molecular weight excluding hydrogens is 410 g/mol. The molecule has 2 aromatic carbocycles. The first kappa shape index (κ1) is 22.8. The van der Waals surface area contributed by atoms with Gasteiger partial charge < -0.3 is 15.1 Å². The Hall–Kier alpha value is -3.41. The van der Waals surface area contributed by atoms with Gasteiger partial charge in [-0.3, -0.25) is 0 Å². The van der Waals surface area contributed by atoms with Gasteiger partial charge in [-0.15, -0.1) is 0 Å². The van der Waals surface area contributed by atoms with E-state index >= 15 is 0 Å². The Morgan fingerprint density at radius 1 is 0.909 bits per heavy atom. The van der Waals surface area contributed by atoms with Crippen LogP contribution in [0.1, 0.15) is 40.7 Å². The second kappa shape index (κ2) is 10.5. The summed E-state index contributed by atoms with van der Waals surface area (Å²) in [5.41, 5.74) is 5.95. The zero-order valence-electron chi connectivity index (χ0n) is 19.8. The summed E-state index contributed by atoms with van der Waals surface area (Å²) in [6.45, 7) is 9.65.